The van der Waals surface area contributed by atoms with Crippen LogP contribution in [0.4, 0.5) is 10.5 Å². The van der Waals surface area contributed by atoms with Crippen molar-refractivity contribution in [2.24, 2.45) is 0 Å². The summed E-state index contributed by atoms with van der Waals surface area (Å²) in [6.07, 6.45) is 1.84. The molecule has 0 spiro atoms. The number of rotatable bonds is 3. The summed E-state index contributed by atoms with van der Waals surface area (Å²) >= 11 is 3.42. The van der Waals surface area contributed by atoms with Crippen LogP contribution < -0.4 is 5.32 Å². The fourth-order valence-corrected chi connectivity index (χ4v) is 2.68. The van der Waals surface area contributed by atoms with Gasteiger partial charge in [0.15, 0.2) is 0 Å². The maximum absolute atomic E-state index is 12.2. The molecule has 0 radical (unpaired) electrons. The zero-order chi connectivity index (χ0) is 15.5. The average Bonchev–Trinajstić information content (AvgIpc) is 2.84. The lowest BCUT2D eigenvalue weighted by Crippen LogP contribution is -2.42. The molecule has 0 bridgehead atoms. The molecule has 1 aliphatic rings. The molecule has 5 heteroatoms. The molecule has 0 aromatic heterocycles. The quantitative estimate of drug-likeness (QED) is 0.881. The van der Waals surface area contributed by atoms with Gasteiger partial charge in [0.25, 0.3) is 0 Å². The molecule has 1 N–H and O–H groups in total. The first-order valence-electron chi connectivity index (χ1n) is 7.34. The lowest BCUT2D eigenvalue weighted by molar-refractivity contribution is 0.0235. The van der Waals surface area contributed by atoms with Gasteiger partial charge in [-0.2, -0.15) is 0 Å². The Hall–Kier alpha value is -1.23. The Bertz CT molecular complexity index is 482. The van der Waals surface area contributed by atoms with E-state index in [2.05, 4.69) is 21.2 Å². The van der Waals surface area contributed by atoms with Crippen molar-refractivity contribution in [3.63, 3.8) is 0 Å². The first kappa shape index (κ1) is 16.1. The van der Waals surface area contributed by atoms with E-state index < -0.39 is 5.60 Å². The third-order valence-corrected chi connectivity index (χ3v) is 3.92. The van der Waals surface area contributed by atoms with Gasteiger partial charge in [0.05, 0.1) is 6.04 Å². The van der Waals surface area contributed by atoms with Crippen molar-refractivity contribution >= 4 is 27.7 Å². The third-order valence-electron chi connectivity index (χ3n) is 3.39. The molecule has 1 aromatic rings. The van der Waals surface area contributed by atoms with Crippen LogP contribution in [-0.4, -0.2) is 35.7 Å². The first-order valence-corrected chi connectivity index (χ1v) is 8.13. The van der Waals surface area contributed by atoms with Gasteiger partial charge in [-0.05, 0) is 57.9 Å². The Kier molecular flexibility index (Phi) is 5.14. The fraction of sp³-hybridized carbons (Fsp3) is 0.562. The topological polar surface area (TPSA) is 41.6 Å². The van der Waals surface area contributed by atoms with Crippen molar-refractivity contribution in [2.45, 2.75) is 45.3 Å². The van der Waals surface area contributed by atoms with Crippen LogP contribution >= 0.6 is 15.9 Å². The average molecular weight is 355 g/mol. The molecule has 2 rings (SSSR count). The molecule has 0 aliphatic carbocycles. The van der Waals surface area contributed by atoms with E-state index in [1.54, 1.807) is 0 Å². The normalized spacial score (nSPS) is 18.7. The predicted octanol–water partition coefficient (Wildman–Crippen LogP) is 4.26. The summed E-state index contributed by atoms with van der Waals surface area (Å²) in [7, 11) is 0. The van der Waals surface area contributed by atoms with Crippen LogP contribution in [0.1, 0.15) is 33.6 Å². The van der Waals surface area contributed by atoms with Gasteiger partial charge in [-0.25, -0.2) is 4.79 Å². The number of anilines is 1. The Morgan fingerprint density at radius 1 is 1.38 bits per heavy atom. The largest absolute Gasteiger partial charge is 0.444 e. The molecular weight excluding hydrogens is 332 g/mol. The Balaban J connectivity index is 1.90. The Morgan fingerprint density at radius 2 is 2.05 bits per heavy atom. The number of carbonyl (C=O) groups is 1. The summed E-state index contributed by atoms with van der Waals surface area (Å²) in [5.41, 5.74) is 0.623. The summed E-state index contributed by atoms with van der Waals surface area (Å²) in [6.45, 7) is 7.23. The summed E-state index contributed by atoms with van der Waals surface area (Å²) in [6, 6.07) is 8.25. The summed E-state index contributed by atoms with van der Waals surface area (Å²) < 4.78 is 6.53. The van der Waals surface area contributed by atoms with E-state index in [4.69, 9.17) is 4.74 Å². The van der Waals surface area contributed by atoms with E-state index in [1.165, 1.54) is 0 Å². The molecular formula is C16H23BrN2O2. The number of ether oxygens (including phenoxy) is 1. The van der Waals surface area contributed by atoms with Crippen LogP contribution in [0.2, 0.25) is 0 Å². The minimum atomic E-state index is -0.441. The smallest absolute Gasteiger partial charge is 0.410 e. The predicted molar refractivity (Wildman–Crippen MR) is 88.6 cm³/mol. The van der Waals surface area contributed by atoms with Gasteiger partial charge in [0, 0.05) is 23.2 Å². The number of amides is 1. The maximum atomic E-state index is 12.2. The Morgan fingerprint density at radius 3 is 2.67 bits per heavy atom. The SMILES string of the molecule is CC(C)(C)OC(=O)N1CCC[C@@H]1CNc1ccc(Br)cc1. The van der Waals surface area contributed by atoms with Gasteiger partial charge in [-0.3, -0.25) is 0 Å². The number of benzene rings is 1. The standard InChI is InChI=1S/C16H23BrN2O2/c1-16(2,3)21-15(20)19-10-4-5-14(19)11-18-13-8-6-12(17)7-9-13/h6-9,14,18H,4-5,10-11H2,1-3H3/t14-/m1/s1. The molecule has 21 heavy (non-hydrogen) atoms. The highest BCUT2D eigenvalue weighted by Crippen LogP contribution is 2.22. The fourth-order valence-electron chi connectivity index (χ4n) is 2.41. The highest BCUT2D eigenvalue weighted by molar-refractivity contribution is 9.10. The van der Waals surface area contributed by atoms with Crippen molar-refractivity contribution in [1.29, 1.82) is 0 Å². The van der Waals surface area contributed by atoms with E-state index in [0.717, 1.165) is 36.1 Å². The van der Waals surface area contributed by atoms with Crippen LogP contribution in [-0.2, 0) is 4.74 Å². The molecule has 1 heterocycles. The number of nitrogens with one attached hydrogen (secondary N) is 1. The number of likely N-dealkylation sites (tertiary alicyclic amines) is 1. The number of carbonyl (C=O) groups excluding carboxylic acids is 1. The molecule has 1 fully saturated rings. The van der Waals surface area contributed by atoms with Gasteiger partial charge < -0.3 is 15.0 Å². The van der Waals surface area contributed by atoms with E-state index >= 15 is 0 Å². The number of halogens is 1. The number of hydrogen-bond acceptors (Lipinski definition) is 3. The van der Waals surface area contributed by atoms with Crippen LogP contribution in [0.15, 0.2) is 28.7 Å². The van der Waals surface area contributed by atoms with E-state index in [-0.39, 0.29) is 12.1 Å². The van der Waals surface area contributed by atoms with E-state index in [1.807, 2.05) is 49.9 Å². The van der Waals surface area contributed by atoms with Crippen molar-refractivity contribution in [2.75, 3.05) is 18.4 Å². The second-order valence-corrected chi connectivity index (χ2v) is 7.27. The third kappa shape index (κ3) is 4.92. The van der Waals surface area contributed by atoms with Crippen LogP contribution in [0.25, 0.3) is 0 Å². The number of hydrogen-bond donors (Lipinski definition) is 1. The minimum absolute atomic E-state index is 0.198. The minimum Gasteiger partial charge on any atom is -0.444 e. The highest BCUT2D eigenvalue weighted by atomic mass is 79.9. The second-order valence-electron chi connectivity index (χ2n) is 6.36. The molecule has 0 saturated carbocycles. The molecule has 4 nitrogen and oxygen atoms in total. The van der Waals surface area contributed by atoms with Gasteiger partial charge >= 0.3 is 6.09 Å². The van der Waals surface area contributed by atoms with Crippen LogP contribution in [0.5, 0.6) is 0 Å². The lowest BCUT2D eigenvalue weighted by Gasteiger charge is -2.28. The van der Waals surface area contributed by atoms with Crippen molar-refractivity contribution in [1.82, 2.24) is 4.90 Å². The molecule has 1 atom stereocenters. The maximum Gasteiger partial charge on any atom is 0.410 e. The van der Waals surface area contributed by atoms with Gasteiger partial charge in [-0.1, -0.05) is 15.9 Å². The van der Waals surface area contributed by atoms with Gasteiger partial charge in [0.1, 0.15) is 5.60 Å². The molecule has 1 amide bonds. The monoisotopic (exact) mass is 354 g/mol. The summed E-state index contributed by atoms with van der Waals surface area (Å²) in [5.74, 6) is 0. The Labute approximate surface area is 135 Å². The van der Waals surface area contributed by atoms with E-state index in [0.29, 0.717) is 0 Å². The molecule has 0 unspecified atom stereocenters. The van der Waals surface area contributed by atoms with Crippen molar-refractivity contribution < 1.29 is 9.53 Å². The van der Waals surface area contributed by atoms with E-state index in [9.17, 15) is 4.79 Å². The van der Waals surface area contributed by atoms with Crippen LogP contribution in [0.3, 0.4) is 0 Å². The highest BCUT2D eigenvalue weighted by Gasteiger charge is 2.31. The zero-order valence-corrected chi connectivity index (χ0v) is 14.4. The molecule has 116 valence electrons. The molecule has 1 saturated heterocycles. The van der Waals surface area contributed by atoms with Crippen LogP contribution in [0, 0.1) is 0 Å². The first-order chi connectivity index (χ1) is 9.85. The lowest BCUT2D eigenvalue weighted by atomic mass is 10.2. The summed E-state index contributed by atoms with van der Waals surface area (Å²) in [4.78, 5) is 14.0. The van der Waals surface area contributed by atoms with Crippen molar-refractivity contribution in [3.05, 3.63) is 28.7 Å². The molecule has 1 aliphatic heterocycles. The second kappa shape index (κ2) is 6.69. The zero-order valence-electron chi connectivity index (χ0n) is 12.9. The van der Waals surface area contributed by atoms with Gasteiger partial charge in [0.2, 0.25) is 0 Å². The summed E-state index contributed by atoms with van der Waals surface area (Å²) in [5, 5.41) is 3.39. The molecule has 1 aromatic carbocycles. The number of nitrogens with zero attached hydrogens (tertiary/aromatic N) is 1. The van der Waals surface area contributed by atoms with Gasteiger partial charge in [-0.15, -0.1) is 0 Å². The van der Waals surface area contributed by atoms with Crippen molar-refractivity contribution in [3.8, 4) is 0 Å².